The third-order valence-corrected chi connectivity index (χ3v) is 3.92. The molecule has 7 heteroatoms. The lowest BCUT2D eigenvalue weighted by molar-refractivity contribution is 0.0921. The Labute approximate surface area is 128 Å². The van der Waals surface area contributed by atoms with E-state index in [9.17, 15) is 9.18 Å². The van der Waals surface area contributed by atoms with Crippen molar-refractivity contribution in [3.05, 3.63) is 42.1 Å². The van der Waals surface area contributed by atoms with E-state index in [-0.39, 0.29) is 17.8 Å². The van der Waals surface area contributed by atoms with Gasteiger partial charge in [0.15, 0.2) is 11.6 Å². The molecule has 3 rings (SSSR count). The number of hydrogen-bond donors (Lipinski definition) is 1. The number of hydrogen-bond acceptors (Lipinski definition) is 4. The minimum atomic E-state index is -0.306. The van der Waals surface area contributed by atoms with E-state index in [0.29, 0.717) is 24.6 Å². The molecule has 116 valence electrons. The minimum absolute atomic E-state index is 0.0884. The first-order valence-electron chi connectivity index (χ1n) is 7.29. The Kier molecular flexibility index (Phi) is 4.04. The maximum atomic E-state index is 13.7. The Balaban J connectivity index is 1.57. The van der Waals surface area contributed by atoms with Gasteiger partial charge in [-0.3, -0.25) is 9.48 Å². The van der Waals surface area contributed by atoms with Crippen LogP contribution in [0.4, 0.5) is 10.2 Å². The first-order chi connectivity index (χ1) is 10.6. The Morgan fingerprint density at radius 2 is 2.09 bits per heavy atom. The van der Waals surface area contributed by atoms with Crippen molar-refractivity contribution in [1.82, 2.24) is 20.1 Å². The molecule has 0 aliphatic carbocycles. The maximum absolute atomic E-state index is 13.7. The SMILES string of the molecule is Cn1nccc1C(=O)NC1CCN(c2ncccc2F)CC1. The van der Waals surface area contributed by atoms with Crippen LogP contribution in [0.1, 0.15) is 23.3 Å². The summed E-state index contributed by atoms with van der Waals surface area (Å²) < 4.78 is 15.3. The Morgan fingerprint density at radius 3 is 2.73 bits per heavy atom. The molecule has 1 fully saturated rings. The molecule has 6 nitrogen and oxygen atoms in total. The smallest absolute Gasteiger partial charge is 0.269 e. The number of nitrogens with zero attached hydrogens (tertiary/aromatic N) is 4. The number of anilines is 1. The van der Waals surface area contributed by atoms with Gasteiger partial charge in [-0.15, -0.1) is 0 Å². The van der Waals surface area contributed by atoms with E-state index >= 15 is 0 Å². The zero-order valence-corrected chi connectivity index (χ0v) is 12.4. The van der Waals surface area contributed by atoms with Crippen molar-refractivity contribution in [2.75, 3.05) is 18.0 Å². The lowest BCUT2D eigenvalue weighted by Crippen LogP contribution is -2.45. The van der Waals surface area contributed by atoms with Crippen LogP contribution in [0, 0.1) is 5.82 Å². The van der Waals surface area contributed by atoms with E-state index in [1.807, 2.05) is 4.90 Å². The molecule has 0 saturated carbocycles. The highest BCUT2D eigenvalue weighted by Gasteiger charge is 2.24. The molecule has 0 spiro atoms. The molecule has 3 heterocycles. The van der Waals surface area contributed by atoms with Crippen LogP contribution < -0.4 is 10.2 Å². The predicted octanol–water partition coefficient (Wildman–Crippen LogP) is 1.35. The molecular formula is C15H18FN5O. The summed E-state index contributed by atoms with van der Waals surface area (Å²) in [6, 6.07) is 4.77. The highest BCUT2D eigenvalue weighted by atomic mass is 19.1. The number of pyridine rings is 1. The summed E-state index contributed by atoms with van der Waals surface area (Å²) in [5.41, 5.74) is 0.540. The molecule has 0 radical (unpaired) electrons. The molecule has 1 aliphatic heterocycles. The summed E-state index contributed by atoms with van der Waals surface area (Å²) in [5, 5.41) is 7.00. The molecule has 2 aromatic heterocycles. The number of aromatic nitrogens is 3. The third kappa shape index (κ3) is 2.93. The van der Waals surface area contributed by atoms with E-state index < -0.39 is 0 Å². The second-order valence-electron chi connectivity index (χ2n) is 5.38. The monoisotopic (exact) mass is 303 g/mol. The molecule has 2 aromatic rings. The fraction of sp³-hybridized carbons (Fsp3) is 0.400. The fourth-order valence-electron chi connectivity index (χ4n) is 2.70. The molecule has 0 bridgehead atoms. The summed E-state index contributed by atoms with van der Waals surface area (Å²) in [6.45, 7) is 1.34. The van der Waals surface area contributed by atoms with E-state index in [2.05, 4.69) is 15.4 Å². The number of rotatable bonds is 3. The van der Waals surface area contributed by atoms with Crippen LogP contribution >= 0.6 is 0 Å². The van der Waals surface area contributed by atoms with Gasteiger partial charge < -0.3 is 10.2 Å². The van der Waals surface area contributed by atoms with E-state index in [1.54, 1.807) is 36.3 Å². The first-order valence-corrected chi connectivity index (χ1v) is 7.29. The predicted molar refractivity (Wildman–Crippen MR) is 80.1 cm³/mol. The van der Waals surface area contributed by atoms with Gasteiger partial charge >= 0.3 is 0 Å². The molecule has 0 atom stereocenters. The number of carbonyl (C=O) groups excluding carboxylic acids is 1. The van der Waals surface area contributed by atoms with Gasteiger partial charge in [0, 0.05) is 38.6 Å². The topological polar surface area (TPSA) is 63.1 Å². The first kappa shape index (κ1) is 14.5. The average molecular weight is 303 g/mol. The third-order valence-electron chi connectivity index (χ3n) is 3.92. The van der Waals surface area contributed by atoms with Gasteiger partial charge in [0.05, 0.1) is 0 Å². The normalized spacial score (nSPS) is 15.8. The lowest BCUT2D eigenvalue weighted by atomic mass is 10.0. The maximum Gasteiger partial charge on any atom is 0.269 e. The average Bonchev–Trinajstić information content (AvgIpc) is 2.95. The number of halogens is 1. The van der Waals surface area contributed by atoms with Crippen molar-refractivity contribution >= 4 is 11.7 Å². The van der Waals surface area contributed by atoms with Gasteiger partial charge in [-0.1, -0.05) is 0 Å². The van der Waals surface area contributed by atoms with Crippen LogP contribution in [0.15, 0.2) is 30.6 Å². The number of aryl methyl sites for hydroxylation is 1. The molecule has 22 heavy (non-hydrogen) atoms. The summed E-state index contributed by atoms with van der Waals surface area (Å²) in [5.74, 6) is -0.0405. The second-order valence-corrected chi connectivity index (χ2v) is 5.38. The van der Waals surface area contributed by atoms with Crippen molar-refractivity contribution < 1.29 is 9.18 Å². The van der Waals surface area contributed by atoms with Crippen molar-refractivity contribution in [2.45, 2.75) is 18.9 Å². The molecule has 1 saturated heterocycles. The van der Waals surface area contributed by atoms with E-state index in [4.69, 9.17) is 0 Å². The van der Waals surface area contributed by atoms with Crippen LogP contribution in [0.5, 0.6) is 0 Å². The zero-order chi connectivity index (χ0) is 15.5. The molecule has 1 aliphatic rings. The van der Waals surface area contributed by atoms with Gasteiger partial charge in [0.1, 0.15) is 5.69 Å². The van der Waals surface area contributed by atoms with Crippen LogP contribution in [-0.4, -0.2) is 39.8 Å². The Hall–Kier alpha value is -2.44. The largest absolute Gasteiger partial charge is 0.354 e. The van der Waals surface area contributed by atoms with Crippen LogP contribution in [0.3, 0.4) is 0 Å². The summed E-state index contributed by atoms with van der Waals surface area (Å²) >= 11 is 0. The number of amides is 1. The van der Waals surface area contributed by atoms with Crippen molar-refractivity contribution in [3.63, 3.8) is 0 Å². The van der Waals surface area contributed by atoms with Gasteiger partial charge in [0.25, 0.3) is 5.91 Å². The van der Waals surface area contributed by atoms with E-state index in [0.717, 1.165) is 12.8 Å². The van der Waals surface area contributed by atoms with Crippen LogP contribution in [-0.2, 0) is 7.05 Å². The van der Waals surface area contributed by atoms with Gasteiger partial charge in [-0.25, -0.2) is 9.37 Å². The molecule has 1 amide bonds. The van der Waals surface area contributed by atoms with Crippen molar-refractivity contribution in [1.29, 1.82) is 0 Å². The van der Waals surface area contributed by atoms with Crippen LogP contribution in [0.25, 0.3) is 0 Å². The molecule has 1 N–H and O–H groups in total. The summed E-state index contributed by atoms with van der Waals surface area (Å²) in [6.07, 6.45) is 4.72. The summed E-state index contributed by atoms with van der Waals surface area (Å²) in [7, 11) is 1.74. The van der Waals surface area contributed by atoms with Crippen molar-refractivity contribution in [2.24, 2.45) is 7.05 Å². The summed E-state index contributed by atoms with van der Waals surface area (Å²) in [4.78, 5) is 18.2. The molecule has 0 aromatic carbocycles. The van der Waals surface area contributed by atoms with E-state index in [1.165, 1.54) is 6.07 Å². The second kappa shape index (κ2) is 6.13. The van der Waals surface area contributed by atoms with Gasteiger partial charge in [0.2, 0.25) is 0 Å². The quantitative estimate of drug-likeness (QED) is 0.930. The fourth-order valence-corrected chi connectivity index (χ4v) is 2.70. The number of carbonyl (C=O) groups is 1. The Morgan fingerprint density at radius 1 is 1.32 bits per heavy atom. The Bertz CT molecular complexity index is 663. The molecular weight excluding hydrogens is 285 g/mol. The highest BCUT2D eigenvalue weighted by Crippen LogP contribution is 2.20. The van der Waals surface area contributed by atoms with Gasteiger partial charge in [-0.2, -0.15) is 5.10 Å². The highest BCUT2D eigenvalue weighted by molar-refractivity contribution is 5.92. The van der Waals surface area contributed by atoms with Crippen LogP contribution in [0.2, 0.25) is 0 Å². The standard InChI is InChI=1S/C15H18FN5O/c1-20-13(4-8-18-20)15(22)19-11-5-9-21(10-6-11)14-12(16)3-2-7-17-14/h2-4,7-8,11H,5-6,9-10H2,1H3,(H,19,22). The van der Waals surface area contributed by atoms with Gasteiger partial charge in [-0.05, 0) is 31.0 Å². The zero-order valence-electron chi connectivity index (χ0n) is 12.4. The lowest BCUT2D eigenvalue weighted by Gasteiger charge is -2.33. The number of nitrogens with one attached hydrogen (secondary N) is 1. The van der Waals surface area contributed by atoms with Crippen molar-refractivity contribution in [3.8, 4) is 0 Å². The number of piperidine rings is 1. The molecule has 0 unspecified atom stereocenters. The minimum Gasteiger partial charge on any atom is -0.354 e.